The van der Waals surface area contributed by atoms with Crippen molar-refractivity contribution in [2.24, 2.45) is 0 Å². The van der Waals surface area contributed by atoms with Crippen LogP contribution in [0.4, 0.5) is 10.1 Å². The van der Waals surface area contributed by atoms with Crippen LogP contribution in [0.1, 0.15) is 30.1 Å². The number of aryl methyl sites for hydroxylation is 1. The van der Waals surface area contributed by atoms with Crippen LogP contribution in [0.2, 0.25) is 0 Å². The molecular weight excluding hydrogens is 365 g/mol. The summed E-state index contributed by atoms with van der Waals surface area (Å²) in [5, 5.41) is 5.70. The first-order chi connectivity index (χ1) is 11.9. The van der Waals surface area contributed by atoms with Crippen molar-refractivity contribution in [3.8, 4) is 10.8 Å². The van der Waals surface area contributed by atoms with E-state index in [0.717, 1.165) is 18.9 Å². The zero-order valence-electron chi connectivity index (χ0n) is 13.2. The summed E-state index contributed by atoms with van der Waals surface area (Å²) in [5.74, 6) is 0.822. The maximum atomic E-state index is 13.2. The fourth-order valence-corrected chi connectivity index (χ4v) is 4.64. The van der Waals surface area contributed by atoms with Crippen molar-refractivity contribution >= 4 is 27.0 Å². The maximum absolute atomic E-state index is 13.2. The Morgan fingerprint density at radius 2 is 2.12 bits per heavy atom. The average Bonchev–Trinajstić information content (AvgIpc) is 3.10. The van der Waals surface area contributed by atoms with Crippen molar-refractivity contribution in [1.82, 2.24) is 10.1 Å². The number of benzene rings is 1. The van der Waals surface area contributed by atoms with Crippen molar-refractivity contribution in [1.29, 1.82) is 0 Å². The van der Waals surface area contributed by atoms with Gasteiger partial charge in [0.05, 0.1) is 10.6 Å². The van der Waals surface area contributed by atoms with Gasteiger partial charge in [0.25, 0.3) is 15.9 Å². The number of halogens is 1. The van der Waals surface area contributed by atoms with Crippen LogP contribution < -0.4 is 4.72 Å². The molecule has 6 nitrogen and oxygen atoms in total. The van der Waals surface area contributed by atoms with Crippen molar-refractivity contribution < 1.29 is 17.3 Å². The second-order valence-electron chi connectivity index (χ2n) is 5.91. The molecule has 0 spiro atoms. The molecule has 1 aliphatic rings. The first-order valence-electron chi connectivity index (χ1n) is 7.64. The van der Waals surface area contributed by atoms with Crippen molar-refractivity contribution in [2.45, 2.75) is 30.6 Å². The summed E-state index contributed by atoms with van der Waals surface area (Å²) in [4.78, 5) is 4.94. The molecule has 1 aliphatic carbocycles. The van der Waals surface area contributed by atoms with E-state index in [1.54, 1.807) is 18.4 Å². The molecule has 1 aromatic carbocycles. The van der Waals surface area contributed by atoms with E-state index in [-0.39, 0.29) is 4.90 Å². The number of hydrogen-bond acceptors (Lipinski definition) is 6. The van der Waals surface area contributed by atoms with E-state index in [9.17, 15) is 12.8 Å². The molecule has 4 rings (SSSR count). The van der Waals surface area contributed by atoms with E-state index in [1.165, 1.54) is 23.5 Å². The van der Waals surface area contributed by atoms with Gasteiger partial charge in [0, 0.05) is 5.92 Å². The minimum absolute atomic E-state index is 0.0234. The molecule has 0 saturated heterocycles. The minimum atomic E-state index is -3.86. The predicted octanol–water partition coefficient (Wildman–Crippen LogP) is 3.92. The number of rotatable bonds is 5. The lowest BCUT2D eigenvalue weighted by Crippen LogP contribution is -2.14. The standard InChI is InChI=1S/C16H14FN3O3S2/c1-9-8-11(17)4-5-13(9)25(21,22)20-12-6-7-24-14(12)16-18-15(19-23-16)10-2-3-10/h4-8,10,20H,2-3H2,1H3. The molecule has 1 N–H and O–H groups in total. The van der Waals surface area contributed by atoms with Crippen LogP contribution in [0.5, 0.6) is 0 Å². The molecule has 2 heterocycles. The summed E-state index contributed by atoms with van der Waals surface area (Å²) in [6.07, 6.45) is 2.10. The number of nitrogens with one attached hydrogen (secondary N) is 1. The van der Waals surface area contributed by atoms with E-state index in [2.05, 4.69) is 14.9 Å². The van der Waals surface area contributed by atoms with Gasteiger partial charge in [-0.1, -0.05) is 5.16 Å². The quantitative estimate of drug-likeness (QED) is 0.726. The Labute approximate surface area is 147 Å². The highest BCUT2D eigenvalue weighted by Gasteiger charge is 2.30. The Morgan fingerprint density at radius 3 is 2.84 bits per heavy atom. The minimum Gasteiger partial charge on any atom is -0.333 e. The molecule has 0 aliphatic heterocycles. The molecule has 0 atom stereocenters. The van der Waals surface area contributed by atoms with Crippen LogP contribution in [-0.4, -0.2) is 18.6 Å². The van der Waals surface area contributed by atoms with Gasteiger partial charge >= 0.3 is 0 Å². The van der Waals surface area contributed by atoms with E-state index in [0.29, 0.717) is 33.8 Å². The highest BCUT2D eigenvalue weighted by Crippen LogP contribution is 2.40. The molecule has 130 valence electrons. The third-order valence-electron chi connectivity index (χ3n) is 3.91. The zero-order valence-corrected chi connectivity index (χ0v) is 14.8. The normalized spacial score (nSPS) is 14.6. The molecule has 0 amide bonds. The highest BCUT2D eigenvalue weighted by atomic mass is 32.2. The van der Waals surface area contributed by atoms with Crippen LogP contribution in [0, 0.1) is 12.7 Å². The Bertz CT molecular complexity index is 1040. The summed E-state index contributed by atoms with van der Waals surface area (Å²) < 4.78 is 46.3. The molecule has 9 heteroatoms. The highest BCUT2D eigenvalue weighted by molar-refractivity contribution is 7.92. The lowest BCUT2D eigenvalue weighted by Gasteiger charge is -2.10. The van der Waals surface area contributed by atoms with Gasteiger partial charge in [0.2, 0.25) is 0 Å². The van der Waals surface area contributed by atoms with E-state index >= 15 is 0 Å². The van der Waals surface area contributed by atoms with E-state index in [4.69, 9.17) is 4.52 Å². The molecule has 25 heavy (non-hydrogen) atoms. The Morgan fingerprint density at radius 1 is 1.32 bits per heavy atom. The first-order valence-corrected chi connectivity index (χ1v) is 10.0. The maximum Gasteiger partial charge on any atom is 0.270 e. The lowest BCUT2D eigenvalue weighted by molar-refractivity contribution is 0.423. The fraction of sp³-hybridized carbons (Fsp3) is 0.250. The molecule has 0 radical (unpaired) electrons. The number of sulfonamides is 1. The summed E-state index contributed by atoms with van der Waals surface area (Å²) in [5.41, 5.74) is 0.692. The number of thiophene rings is 1. The van der Waals surface area contributed by atoms with Gasteiger partial charge in [-0.15, -0.1) is 11.3 Å². The van der Waals surface area contributed by atoms with Gasteiger partial charge in [-0.25, -0.2) is 12.8 Å². The average molecular weight is 379 g/mol. The van der Waals surface area contributed by atoms with Crippen LogP contribution in [-0.2, 0) is 10.0 Å². The number of nitrogens with zero attached hydrogens (tertiary/aromatic N) is 2. The van der Waals surface area contributed by atoms with Crippen LogP contribution in [0.3, 0.4) is 0 Å². The van der Waals surface area contributed by atoms with Crippen LogP contribution in [0.25, 0.3) is 10.8 Å². The molecule has 1 saturated carbocycles. The molecular formula is C16H14FN3O3S2. The third kappa shape index (κ3) is 3.16. The molecule has 0 bridgehead atoms. The van der Waals surface area contributed by atoms with Crippen molar-refractivity contribution in [3.05, 3.63) is 46.9 Å². The van der Waals surface area contributed by atoms with Gasteiger partial charge in [0.15, 0.2) is 5.82 Å². The van der Waals surface area contributed by atoms with Gasteiger partial charge in [-0.3, -0.25) is 4.72 Å². The largest absolute Gasteiger partial charge is 0.333 e. The zero-order chi connectivity index (χ0) is 17.6. The second kappa shape index (κ2) is 5.92. The SMILES string of the molecule is Cc1cc(F)ccc1S(=O)(=O)Nc1ccsc1-c1nc(C2CC2)no1. The Hall–Kier alpha value is -2.26. The first kappa shape index (κ1) is 16.2. The summed E-state index contributed by atoms with van der Waals surface area (Å²) in [6, 6.07) is 5.19. The lowest BCUT2D eigenvalue weighted by atomic mass is 10.2. The summed E-state index contributed by atoms with van der Waals surface area (Å²) >= 11 is 1.31. The summed E-state index contributed by atoms with van der Waals surface area (Å²) in [6.45, 7) is 1.55. The molecule has 1 fully saturated rings. The van der Waals surface area contributed by atoms with Crippen LogP contribution in [0.15, 0.2) is 39.1 Å². The van der Waals surface area contributed by atoms with Crippen LogP contribution >= 0.6 is 11.3 Å². The predicted molar refractivity (Wildman–Crippen MR) is 91.5 cm³/mol. The van der Waals surface area contributed by atoms with Gasteiger partial charge in [-0.05, 0) is 55.0 Å². The molecule has 2 aromatic heterocycles. The summed E-state index contributed by atoms with van der Waals surface area (Å²) in [7, 11) is -3.86. The smallest absolute Gasteiger partial charge is 0.270 e. The fourth-order valence-electron chi connectivity index (χ4n) is 2.50. The van der Waals surface area contributed by atoms with Crippen molar-refractivity contribution in [2.75, 3.05) is 4.72 Å². The second-order valence-corrected chi connectivity index (χ2v) is 8.48. The molecule has 3 aromatic rings. The van der Waals surface area contributed by atoms with Gasteiger partial charge in [0.1, 0.15) is 10.7 Å². The van der Waals surface area contributed by atoms with E-state index < -0.39 is 15.8 Å². The van der Waals surface area contributed by atoms with Gasteiger partial charge < -0.3 is 4.52 Å². The van der Waals surface area contributed by atoms with Crippen molar-refractivity contribution in [3.63, 3.8) is 0 Å². The Kier molecular flexibility index (Phi) is 3.84. The molecule has 0 unspecified atom stereocenters. The Balaban J connectivity index is 1.65. The third-order valence-corrected chi connectivity index (χ3v) is 6.34. The van der Waals surface area contributed by atoms with E-state index in [1.807, 2.05) is 0 Å². The monoisotopic (exact) mass is 379 g/mol. The number of hydrogen-bond donors (Lipinski definition) is 1. The number of anilines is 1. The van der Waals surface area contributed by atoms with Gasteiger partial charge in [-0.2, -0.15) is 4.98 Å². The topological polar surface area (TPSA) is 85.1 Å². The number of aromatic nitrogens is 2.